The molecule has 0 aromatic heterocycles. The van der Waals surface area contributed by atoms with E-state index in [0.29, 0.717) is 0 Å². The number of aliphatic hydroxyl groups excluding tert-OH is 2. The SMILES string of the molecule is C=C[C@H](O)[C@H](C)CO. The minimum absolute atomic E-state index is 0.00713. The highest BCUT2D eigenvalue weighted by molar-refractivity contribution is 4.81. The summed E-state index contributed by atoms with van der Waals surface area (Å²) in [5.74, 6) is -0.0903. The Kier molecular flexibility index (Phi) is 3.48. The van der Waals surface area contributed by atoms with Crippen molar-refractivity contribution in [3.8, 4) is 0 Å². The summed E-state index contributed by atoms with van der Waals surface area (Å²) in [7, 11) is 0. The molecular formula is C6H12O2. The van der Waals surface area contributed by atoms with Gasteiger partial charge in [-0.25, -0.2) is 0 Å². The van der Waals surface area contributed by atoms with Gasteiger partial charge >= 0.3 is 0 Å². The van der Waals surface area contributed by atoms with E-state index in [-0.39, 0.29) is 12.5 Å². The first-order chi connectivity index (χ1) is 3.72. The van der Waals surface area contributed by atoms with E-state index in [9.17, 15) is 0 Å². The molecule has 0 heterocycles. The summed E-state index contributed by atoms with van der Waals surface area (Å²) < 4.78 is 0. The summed E-state index contributed by atoms with van der Waals surface area (Å²) in [4.78, 5) is 0. The molecule has 0 fully saturated rings. The molecular weight excluding hydrogens is 104 g/mol. The molecule has 0 saturated carbocycles. The molecule has 2 atom stereocenters. The van der Waals surface area contributed by atoms with Crippen molar-refractivity contribution in [3.63, 3.8) is 0 Å². The third-order valence-corrected chi connectivity index (χ3v) is 1.11. The fourth-order valence-electron chi connectivity index (χ4n) is 0.340. The third kappa shape index (κ3) is 2.09. The maximum atomic E-state index is 8.85. The van der Waals surface area contributed by atoms with Gasteiger partial charge in [0.2, 0.25) is 0 Å². The summed E-state index contributed by atoms with van der Waals surface area (Å²) in [6.07, 6.45) is 0.848. The maximum Gasteiger partial charge on any atom is 0.0765 e. The lowest BCUT2D eigenvalue weighted by molar-refractivity contribution is 0.112. The van der Waals surface area contributed by atoms with Gasteiger partial charge in [-0.15, -0.1) is 6.58 Å². The van der Waals surface area contributed by atoms with Crippen molar-refractivity contribution < 1.29 is 10.2 Å². The highest BCUT2D eigenvalue weighted by Gasteiger charge is 2.06. The van der Waals surface area contributed by atoms with Crippen LogP contribution in [-0.4, -0.2) is 22.9 Å². The van der Waals surface area contributed by atoms with Crippen LogP contribution in [0.3, 0.4) is 0 Å². The molecule has 0 aliphatic rings. The van der Waals surface area contributed by atoms with Crippen LogP contribution in [0.2, 0.25) is 0 Å². The molecule has 48 valence electrons. The average molecular weight is 116 g/mol. The minimum Gasteiger partial charge on any atom is -0.396 e. The molecule has 8 heavy (non-hydrogen) atoms. The van der Waals surface area contributed by atoms with E-state index in [1.54, 1.807) is 6.92 Å². The topological polar surface area (TPSA) is 40.5 Å². The normalized spacial score (nSPS) is 17.4. The number of aliphatic hydroxyl groups is 2. The van der Waals surface area contributed by atoms with E-state index in [0.717, 1.165) is 0 Å². The standard InChI is InChI=1S/C6H12O2/c1-3-6(8)5(2)4-7/h3,5-8H,1,4H2,2H3/t5-,6+/m1/s1. The van der Waals surface area contributed by atoms with Gasteiger partial charge in [0, 0.05) is 12.5 Å². The van der Waals surface area contributed by atoms with Gasteiger partial charge in [-0.1, -0.05) is 13.0 Å². The van der Waals surface area contributed by atoms with Gasteiger partial charge in [-0.05, 0) is 0 Å². The molecule has 0 aromatic rings. The van der Waals surface area contributed by atoms with E-state index in [1.165, 1.54) is 6.08 Å². The molecule has 0 spiro atoms. The van der Waals surface area contributed by atoms with Crippen molar-refractivity contribution >= 4 is 0 Å². The molecule has 0 unspecified atom stereocenters. The zero-order valence-electron chi connectivity index (χ0n) is 5.04. The van der Waals surface area contributed by atoms with Crippen molar-refractivity contribution in [2.45, 2.75) is 13.0 Å². The predicted molar refractivity (Wildman–Crippen MR) is 32.5 cm³/mol. The Hall–Kier alpha value is -0.340. The van der Waals surface area contributed by atoms with Gasteiger partial charge in [0.1, 0.15) is 0 Å². The zero-order valence-corrected chi connectivity index (χ0v) is 5.04. The van der Waals surface area contributed by atoms with E-state index in [1.807, 2.05) is 0 Å². The van der Waals surface area contributed by atoms with Crippen LogP contribution in [0.1, 0.15) is 6.92 Å². The van der Waals surface area contributed by atoms with Crippen LogP contribution >= 0.6 is 0 Å². The van der Waals surface area contributed by atoms with Gasteiger partial charge in [0.25, 0.3) is 0 Å². The second kappa shape index (κ2) is 3.64. The highest BCUT2D eigenvalue weighted by Crippen LogP contribution is 2.00. The van der Waals surface area contributed by atoms with E-state index in [2.05, 4.69) is 6.58 Å². The lowest BCUT2D eigenvalue weighted by Crippen LogP contribution is -2.17. The molecule has 2 nitrogen and oxygen atoms in total. The molecule has 0 aromatic carbocycles. The molecule has 0 radical (unpaired) electrons. The van der Waals surface area contributed by atoms with Crippen molar-refractivity contribution in [2.24, 2.45) is 5.92 Å². The van der Waals surface area contributed by atoms with Gasteiger partial charge in [0.05, 0.1) is 6.10 Å². The van der Waals surface area contributed by atoms with E-state index in [4.69, 9.17) is 10.2 Å². The Morgan fingerprint density at radius 3 is 2.38 bits per heavy atom. The summed E-state index contributed by atoms with van der Waals surface area (Å²) >= 11 is 0. The first-order valence-corrected chi connectivity index (χ1v) is 2.63. The van der Waals surface area contributed by atoms with Crippen molar-refractivity contribution in [2.75, 3.05) is 6.61 Å². The Morgan fingerprint density at radius 1 is 1.75 bits per heavy atom. The summed E-state index contributed by atoms with van der Waals surface area (Å²) in [6.45, 7) is 5.13. The molecule has 0 aliphatic heterocycles. The fraction of sp³-hybridized carbons (Fsp3) is 0.667. The molecule has 0 aliphatic carbocycles. The van der Waals surface area contributed by atoms with E-state index >= 15 is 0 Å². The maximum absolute atomic E-state index is 8.85. The predicted octanol–water partition coefficient (Wildman–Crippen LogP) is 0.162. The lowest BCUT2D eigenvalue weighted by atomic mass is 10.1. The average Bonchev–Trinajstić information content (AvgIpc) is 1.84. The monoisotopic (exact) mass is 116 g/mol. The van der Waals surface area contributed by atoms with Crippen LogP contribution in [0.5, 0.6) is 0 Å². The third-order valence-electron chi connectivity index (χ3n) is 1.11. The largest absolute Gasteiger partial charge is 0.396 e. The van der Waals surface area contributed by atoms with Gasteiger partial charge < -0.3 is 10.2 Å². The van der Waals surface area contributed by atoms with Gasteiger partial charge in [0.15, 0.2) is 0 Å². The second-order valence-electron chi connectivity index (χ2n) is 1.89. The molecule has 0 amide bonds. The summed E-state index contributed by atoms with van der Waals surface area (Å²) in [5, 5.41) is 17.3. The highest BCUT2D eigenvalue weighted by atomic mass is 16.3. The van der Waals surface area contributed by atoms with Crippen LogP contribution in [-0.2, 0) is 0 Å². The Bertz CT molecular complexity index is 70.9. The van der Waals surface area contributed by atoms with Crippen LogP contribution in [0.4, 0.5) is 0 Å². The second-order valence-corrected chi connectivity index (χ2v) is 1.89. The van der Waals surface area contributed by atoms with Crippen molar-refractivity contribution in [1.29, 1.82) is 0 Å². The molecule has 0 bridgehead atoms. The molecule has 2 N–H and O–H groups in total. The fourth-order valence-corrected chi connectivity index (χ4v) is 0.340. The summed E-state index contributed by atoms with van der Waals surface area (Å²) in [5.41, 5.74) is 0. The first-order valence-electron chi connectivity index (χ1n) is 2.63. The smallest absolute Gasteiger partial charge is 0.0765 e. The quantitative estimate of drug-likeness (QED) is 0.516. The number of hydrogen-bond donors (Lipinski definition) is 2. The minimum atomic E-state index is -0.569. The van der Waals surface area contributed by atoms with Crippen LogP contribution in [0, 0.1) is 5.92 Å². The Labute approximate surface area is 49.5 Å². The van der Waals surface area contributed by atoms with Crippen molar-refractivity contribution in [1.82, 2.24) is 0 Å². The molecule has 0 rings (SSSR count). The van der Waals surface area contributed by atoms with Gasteiger partial charge in [-0.3, -0.25) is 0 Å². The van der Waals surface area contributed by atoms with E-state index < -0.39 is 6.10 Å². The van der Waals surface area contributed by atoms with Crippen molar-refractivity contribution in [3.05, 3.63) is 12.7 Å². The summed E-state index contributed by atoms with van der Waals surface area (Å²) in [6, 6.07) is 0. The van der Waals surface area contributed by atoms with Crippen LogP contribution in [0.15, 0.2) is 12.7 Å². The lowest BCUT2D eigenvalue weighted by Gasteiger charge is -2.10. The molecule has 2 heteroatoms. The van der Waals surface area contributed by atoms with Crippen LogP contribution in [0.25, 0.3) is 0 Å². The molecule has 0 saturated heterocycles. The Balaban J connectivity index is 3.44. The van der Waals surface area contributed by atoms with Crippen LogP contribution < -0.4 is 0 Å². The van der Waals surface area contributed by atoms with Gasteiger partial charge in [-0.2, -0.15) is 0 Å². The number of hydrogen-bond acceptors (Lipinski definition) is 2. The first kappa shape index (κ1) is 7.66. The zero-order chi connectivity index (χ0) is 6.57. The Morgan fingerprint density at radius 2 is 2.25 bits per heavy atom. The number of rotatable bonds is 3.